The lowest BCUT2D eigenvalue weighted by atomic mass is 10.2. The minimum Gasteiger partial charge on any atom is -0.454 e. The highest BCUT2D eigenvalue weighted by molar-refractivity contribution is 5.75. The lowest BCUT2D eigenvalue weighted by Crippen LogP contribution is -2.32. The number of hydrogen-bond donors (Lipinski definition) is 1. The molecule has 0 saturated carbocycles. The van der Waals surface area contributed by atoms with Gasteiger partial charge in [0.1, 0.15) is 6.33 Å². The molecule has 0 saturated heterocycles. The predicted molar refractivity (Wildman–Crippen MR) is 100 cm³/mol. The monoisotopic (exact) mass is 391 g/mol. The Morgan fingerprint density at radius 2 is 1.89 bits per heavy atom. The van der Waals surface area contributed by atoms with Gasteiger partial charge in [0.25, 0.3) is 0 Å². The van der Waals surface area contributed by atoms with Crippen molar-refractivity contribution >= 4 is 23.0 Å². The number of nitrogens with zero attached hydrogens (tertiary/aromatic N) is 4. The van der Waals surface area contributed by atoms with Gasteiger partial charge in [-0.3, -0.25) is 10.1 Å². The van der Waals surface area contributed by atoms with E-state index in [1.54, 1.807) is 37.3 Å². The Bertz CT molecular complexity index is 826. The Hall–Kier alpha value is -3.18. The molecular formula is C17H21N5O6. The van der Waals surface area contributed by atoms with Crippen molar-refractivity contribution in [3.8, 4) is 11.5 Å². The van der Waals surface area contributed by atoms with Crippen LogP contribution in [-0.4, -0.2) is 62.2 Å². The first-order valence-electron chi connectivity index (χ1n) is 8.53. The molecule has 1 aliphatic heterocycles. The van der Waals surface area contributed by atoms with Crippen molar-refractivity contribution < 1.29 is 23.9 Å². The fourth-order valence-corrected chi connectivity index (χ4v) is 2.70. The van der Waals surface area contributed by atoms with Crippen LogP contribution in [0.4, 0.5) is 23.0 Å². The fraction of sp³-hybridized carbons (Fsp3) is 0.412. The number of nitro groups is 1. The van der Waals surface area contributed by atoms with E-state index in [0.29, 0.717) is 43.5 Å². The lowest BCUT2D eigenvalue weighted by Gasteiger charge is -2.23. The van der Waals surface area contributed by atoms with Crippen LogP contribution in [0.2, 0.25) is 0 Å². The van der Waals surface area contributed by atoms with Gasteiger partial charge in [-0.1, -0.05) is 0 Å². The molecule has 1 N–H and O–H groups in total. The summed E-state index contributed by atoms with van der Waals surface area (Å²) in [5.74, 6) is 1.45. The first-order chi connectivity index (χ1) is 13.6. The molecule has 0 unspecified atom stereocenters. The molecule has 11 heteroatoms. The molecule has 150 valence electrons. The fourth-order valence-electron chi connectivity index (χ4n) is 2.70. The normalized spacial score (nSPS) is 12.1. The molecule has 3 rings (SSSR count). The average Bonchev–Trinajstić information content (AvgIpc) is 3.15. The zero-order valence-electron chi connectivity index (χ0n) is 15.6. The molecule has 2 heterocycles. The molecule has 0 fully saturated rings. The van der Waals surface area contributed by atoms with Gasteiger partial charge in [0.15, 0.2) is 11.5 Å². The molecule has 2 aromatic rings. The predicted octanol–water partition coefficient (Wildman–Crippen LogP) is 1.96. The Labute approximate surface area is 161 Å². The van der Waals surface area contributed by atoms with Gasteiger partial charge in [-0.2, -0.15) is 0 Å². The Balaban J connectivity index is 1.92. The maximum atomic E-state index is 11.8. The highest BCUT2D eigenvalue weighted by Crippen LogP contribution is 2.37. The standard InChI is InChI=1S/C17H21N5O6/c1-25-7-5-21(6-8-26-2)17-15(22(23)24)16(18-10-19-17)20-12-3-4-13-14(9-12)28-11-27-13/h3-4,9-10H,5-8,11H2,1-2H3,(H,18,19,20). The second-order valence-corrected chi connectivity index (χ2v) is 5.82. The van der Waals surface area contributed by atoms with Crippen LogP contribution in [-0.2, 0) is 9.47 Å². The van der Waals surface area contributed by atoms with Crippen molar-refractivity contribution in [2.45, 2.75) is 0 Å². The zero-order valence-corrected chi connectivity index (χ0v) is 15.6. The van der Waals surface area contributed by atoms with Crippen molar-refractivity contribution in [3.05, 3.63) is 34.6 Å². The minimum absolute atomic E-state index is 0.0775. The average molecular weight is 391 g/mol. The molecule has 0 amide bonds. The van der Waals surface area contributed by atoms with E-state index in [1.165, 1.54) is 6.33 Å². The number of nitrogens with one attached hydrogen (secondary N) is 1. The number of fused-ring (bicyclic) bond motifs is 1. The number of methoxy groups -OCH3 is 2. The molecule has 0 radical (unpaired) electrons. The van der Waals surface area contributed by atoms with E-state index >= 15 is 0 Å². The summed E-state index contributed by atoms with van der Waals surface area (Å²) < 4.78 is 20.8. The molecule has 0 atom stereocenters. The Morgan fingerprint density at radius 1 is 1.18 bits per heavy atom. The number of hydrogen-bond acceptors (Lipinski definition) is 10. The number of rotatable bonds is 10. The number of ether oxygens (including phenoxy) is 4. The van der Waals surface area contributed by atoms with Crippen molar-refractivity contribution in [2.75, 3.05) is 57.5 Å². The molecular weight excluding hydrogens is 370 g/mol. The van der Waals surface area contributed by atoms with E-state index in [1.807, 2.05) is 0 Å². The zero-order chi connectivity index (χ0) is 19.9. The third kappa shape index (κ3) is 4.38. The Kier molecular flexibility index (Phi) is 6.40. The quantitative estimate of drug-likeness (QED) is 0.475. The third-order valence-corrected chi connectivity index (χ3v) is 4.05. The second-order valence-electron chi connectivity index (χ2n) is 5.82. The second kappa shape index (κ2) is 9.15. The maximum absolute atomic E-state index is 11.8. The van der Waals surface area contributed by atoms with E-state index in [-0.39, 0.29) is 24.1 Å². The maximum Gasteiger partial charge on any atom is 0.353 e. The van der Waals surface area contributed by atoms with E-state index in [9.17, 15) is 10.1 Å². The summed E-state index contributed by atoms with van der Waals surface area (Å²) in [5, 5.41) is 14.8. The third-order valence-electron chi connectivity index (χ3n) is 4.05. The largest absolute Gasteiger partial charge is 0.454 e. The van der Waals surface area contributed by atoms with Crippen LogP contribution < -0.4 is 19.7 Å². The molecule has 0 spiro atoms. The van der Waals surface area contributed by atoms with Crippen LogP contribution in [0.25, 0.3) is 0 Å². The smallest absolute Gasteiger partial charge is 0.353 e. The van der Waals surface area contributed by atoms with E-state index in [4.69, 9.17) is 18.9 Å². The van der Waals surface area contributed by atoms with Gasteiger partial charge in [-0.05, 0) is 12.1 Å². The summed E-state index contributed by atoms with van der Waals surface area (Å²) >= 11 is 0. The van der Waals surface area contributed by atoms with Crippen molar-refractivity contribution in [1.29, 1.82) is 0 Å². The highest BCUT2D eigenvalue weighted by atomic mass is 16.7. The Morgan fingerprint density at radius 3 is 2.57 bits per heavy atom. The van der Waals surface area contributed by atoms with Gasteiger partial charge in [0.2, 0.25) is 18.4 Å². The topological polar surface area (TPSA) is 121 Å². The van der Waals surface area contributed by atoms with Gasteiger partial charge in [-0.25, -0.2) is 9.97 Å². The molecule has 28 heavy (non-hydrogen) atoms. The highest BCUT2D eigenvalue weighted by Gasteiger charge is 2.27. The molecule has 0 aliphatic carbocycles. The molecule has 1 aromatic carbocycles. The van der Waals surface area contributed by atoms with Crippen molar-refractivity contribution in [2.24, 2.45) is 0 Å². The van der Waals surface area contributed by atoms with Gasteiger partial charge in [-0.15, -0.1) is 0 Å². The molecule has 1 aromatic heterocycles. The van der Waals surface area contributed by atoms with Crippen LogP contribution in [0.5, 0.6) is 11.5 Å². The summed E-state index contributed by atoms with van der Waals surface area (Å²) in [6.45, 7) is 1.75. The minimum atomic E-state index is -0.503. The van der Waals surface area contributed by atoms with Crippen LogP contribution in [0.1, 0.15) is 0 Å². The van der Waals surface area contributed by atoms with Gasteiger partial charge < -0.3 is 29.2 Å². The van der Waals surface area contributed by atoms with E-state index in [2.05, 4.69) is 15.3 Å². The van der Waals surface area contributed by atoms with E-state index in [0.717, 1.165) is 0 Å². The number of aromatic nitrogens is 2. The van der Waals surface area contributed by atoms with Gasteiger partial charge >= 0.3 is 5.69 Å². The summed E-state index contributed by atoms with van der Waals surface area (Å²) in [7, 11) is 3.13. The van der Waals surface area contributed by atoms with Gasteiger partial charge in [0.05, 0.1) is 18.1 Å². The van der Waals surface area contributed by atoms with Crippen LogP contribution in [0, 0.1) is 10.1 Å². The van der Waals surface area contributed by atoms with Crippen LogP contribution in [0.15, 0.2) is 24.5 Å². The van der Waals surface area contributed by atoms with Crippen LogP contribution >= 0.6 is 0 Å². The van der Waals surface area contributed by atoms with Crippen LogP contribution in [0.3, 0.4) is 0 Å². The summed E-state index contributed by atoms with van der Waals surface area (Å²) in [5.41, 5.74) is 0.352. The van der Waals surface area contributed by atoms with Crippen molar-refractivity contribution in [1.82, 2.24) is 9.97 Å². The van der Waals surface area contributed by atoms with E-state index < -0.39 is 4.92 Å². The first kappa shape index (κ1) is 19.6. The number of anilines is 3. The van der Waals surface area contributed by atoms with Crippen molar-refractivity contribution in [3.63, 3.8) is 0 Å². The molecule has 1 aliphatic rings. The summed E-state index contributed by atoms with van der Waals surface area (Å²) in [6.07, 6.45) is 1.28. The summed E-state index contributed by atoms with van der Waals surface area (Å²) in [4.78, 5) is 21.3. The van der Waals surface area contributed by atoms with Gasteiger partial charge in [0, 0.05) is 39.1 Å². The molecule has 11 nitrogen and oxygen atoms in total. The SMILES string of the molecule is COCCN(CCOC)c1ncnc(Nc2ccc3c(c2)OCO3)c1[N+](=O)[O-]. The lowest BCUT2D eigenvalue weighted by molar-refractivity contribution is -0.383. The summed E-state index contributed by atoms with van der Waals surface area (Å²) in [6, 6.07) is 5.15. The molecule has 0 bridgehead atoms. The first-order valence-corrected chi connectivity index (χ1v) is 8.53. The number of benzene rings is 1.